The molecule has 0 aliphatic carbocycles. The molecule has 106 valence electrons. The lowest BCUT2D eigenvalue weighted by molar-refractivity contribution is 0.440. The van der Waals surface area contributed by atoms with Crippen molar-refractivity contribution in [1.29, 1.82) is 0 Å². The van der Waals surface area contributed by atoms with E-state index in [9.17, 15) is 8.76 Å². The van der Waals surface area contributed by atoms with Crippen LogP contribution in [0.3, 0.4) is 0 Å². The van der Waals surface area contributed by atoms with Crippen LogP contribution in [-0.2, 0) is 11.4 Å². The fraction of sp³-hybridized carbons (Fsp3) is 0. The highest BCUT2D eigenvalue weighted by Gasteiger charge is 2.00. The molecule has 0 heterocycles. The number of hydrogen-bond acceptors (Lipinski definition) is 4. The predicted molar refractivity (Wildman–Crippen MR) is 83.2 cm³/mol. The van der Waals surface area contributed by atoms with Gasteiger partial charge in [-0.25, -0.2) is 4.21 Å². The van der Waals surface area contributed by atoms with Gasteiger partial charge in [-0.1, -0.05) is 30.3 Å². The van der Waals surface area contributed by atoms with Crippen LogP contribution in [0.2, 0.25) is 0 Å². The standard InChI is InChI=1S/C16H13NO3S/c18-21(19)20-16-9-7-12-10-15(8-6-13(12)11-16)17-14-4-2-1-3-5-14/h1-11,17H,(H,18,19)/p-1. The zero-order valence-corrected chi connectivity index (χ0v) is 11.8. The molecule has 3 aromatic rings. The minimum absolute atomic E-state index is 0.305. The van der Waals surface area contributed by atoms with E-state index in [1.807, 2.05) is 54.6 Å². The van der Waals surface area contributed by atoms with E-state index >= 15 is 0 Å². The molecule has 0 bridgehead atoms. The molecule has 0 saturated carbocycles. The van der Waals surface area contributed by atoms with Crippen LogP contribution in [0, 0.1) is 0 Å². The Morgan fingerprint density at radius 3 is 2.33 bits per heavy atom. The van der Waals surface area contributed by atoms with Gasteiger partial charge in [0.15, 0.2) is 0 Å². The van der Waals surface area contributed by atoms with Crippen LogP contribution >= 0.6 is 0 Å². The van der Waals surface area contributed by atoms with E-state index in [1.54, 1.807) is 12.1 Å². The van der Waals surface area contributed by atoms with Crippen LogP contribution < -0.4 is 9.50 Å². The van der Waals surface area contributed by atoms with Gasteiger partial charge >= 0.3 is 0 Å². The second-order valence-corrected chi connectivity index (χ2v) is 5.08. The molecule has 0 aromatic heterocycles. The average Bonchev–Trinajstić information content (AvgIpc) is 2.48. The first-order valence-electron chi connectivity index (χ1n) is 6.34. The first-order chi connectivity index (χ1) is 10.2. The lowest BCUT2D eigenvalue weighted by Gasteiger charge is -2.10. The minimum atomic E-state index is -2.55. The van der Waals surface area contributed by atoms with Gasteiger partial charge in [0.2, 0.25) is 0 Å². The largest absolute Gasteiger partial charge is 0.740 e. The smallest absolute Gasteiger partial charge is 0.139 e. The number of fused-ring (bicyclic) bond motifs is 1. The Morgan fingerprint density at radius 1 is 0.857 bits per heavy atom. The highest BCUT2D eigenvalue weighted by molar-refractivity contribution is 7.74. The van der Waals surface area contributed by atoms with Crippen molar-refractivity contribution in [1.82, 2.24) is 0 Å². The van der Waals surface area contributed by atoms with Crippen LogP contribution in [-0.4, -0.2) is 8.76 Å². The van der Waals surface area contributed by atoms with E-state index in [2.05, 4.69) is 9.50 Å². The van der Waals surface area contributed by atoms with Crippen LogP contribution in [0.4, 0.5) is 11.4 Å². The summed E-state index contributed by atoms with van der Waals surface area (Å²) in [5.41, 5.74) is 1.98. The molecule has 4 nitrogen and oxygen atoms in total. The maximum absolute atomic E-state index is 10.5. The van der Waals surface area contributed by atoms with Gasteiger partial charge in [0.1, 0.15) is 17.1 Å². The molecule has 0 aliphatic rings. The molecule has 0 saturated heterocycles. The maximum Gasteiger partial charge on any atom is 0.139 e. The molecule has 1 unspecified atom stereocenters. The summed E-state index contributed by atoms with van der Waals surface area (Å²) in [6.07, 6.45) is 0. The topological polar surface area (TPSA) is 61.4 Å². The molecular formula is C16H12NO3S-. The minimum Gasteiger partial charge on any atom is -0.740 e. The second kappa shape index (κ2) is 5.95. The van der Waals surface area contributed by atoms with Gasteiger partial charge in [-0.15, -0.1) is 0 Å². The monoisotopic (exact) mass is 298 g/mol. The zero-order valence-electron chi connectivity index (χ0n) is 11.0. The van der Waals surface area contributed by atoms with Crippen molar-refractivity contribution in [2.24, 2.45) is 0 Å². The summed E-state index contributed by atoms with van der Waals surface area (Å²) >= 11 is -2.55. The fourth-order valence-corrected chi connectivity index (χ4v) is 2.38. The Hall–Kier alpha value is -2.37. The summed E-state index contributed by atoms with van der Waals surface area (Å²) in [5, 5.41) is 5.23. The summed E-state index contributed by atoms with van der Waals surface area (Å²) in [6.45, 7) is 0. The third-order valence-corrected chi connectivity index (χ3v) is 3.37. The van der Waals surface area contributed by atoms with Gasteiger partial charge in [-0.2, -0.15) is 0 Å². The normalized spacial score (nSPS) is 12.0. The summed E-state index contributed by atoms with van der Waals surface area (Å²) in [5.74, 6) is 0.305. The Bertz CT molecular complexity index is 790. The van der Waals surface area contributed by atoms with Crippen molar-refractivity contribution in [3.05, 3.63) is 66.7 Å². The number of hydrogen-bond donors (Lipinski definition) is 1. The molecule has 0 fully saturated rings. The lowest BCUT2D eigenvalue weighted by atomic mass is 10.1. The van der Waals surface area contributed by atoms with Gasteiger partial charge in [-0.05, 0) is 47.2 Å². The van der Waals surface area contributed by atoms with Crippen molar-refractivity contribution in [3.8, 4) is 5.75 Å². The molecule has 21 heavy (non-hydrogen) atoms. The first-order valence-corrected chi connectivity index (χ1v) is 7.34. The van der Waals surface area contributed by atoms with Crippen molar-refractivity contribution < 1.29 is 12.9 Å². The third-order valence-electron chi connectivity index (χ3n) is 3.04. The molecule has 3 aromatic carbocycles. The highest BCUT2D eigenvalue weighted by atomic mass is 32.2. The van der Waals surface area contributed by atoms with E-state index in [0.717, 1.165) is 22.1 Å². The number of nitrogens with one attached hydrogen (secondary N) is 1. The summed E-state index contributed by atoms with van der Waals surface area (Å²) in [6, 6.07) is 20.9. The van der Waals surface area contributed by atoms with E-state index < -0.39 is 11.4 Å². The summed E-state index contributed by atoms with van der Waals surface area (Å²) in [4.78, 5) is 0. The molecule has 5 heteroatoms. The van der Waals surface area contributed by atoms with Gasteiger partial charge in [0.25, 0.3) is 0 Å². The van der Waals surface area contributed by atoms with Crippen molar-refractivity contribution in [2.45, 2.75) is 0 Å². The molecule has 1 atom stereocenters. The van der Waals surface area contributed by atoms with E-state index in [0.29, 0.717) is 5.75 Å². The van der Waals surface area contributed by atoms with Crippen molar-refractivity contribution >= 4 is 33.5 Å². The first kappa shape index (κ1) is 13.6. The predicted octanol–water partition coefficient (Wildman–Crippen LogP) is 3.76. The van der Waals surface area contributed by atoms with Crippen molar-refractivity contribution in [3.63, 3.8) is 0 Å². The number of para-hydroxylation sites is 1. The highest BCUT2D eigenvalue weighted by Crippen LogP contribution is 2.25. The number of anilines is 2. The molecule has 0 amide bonds. The Morgan fingerprint density at radius 2 is 1.57 bits per heavy atom. The summed E-state index contributed by atoms with van der Waals surface area (Å²) in [7, 11) is 0. The molecular weight excluding hydrogens is 286 g/mol. The average molecular weight is 298 g/mol. The zero-order chi connectivity index (χ0) is 14.7. The molecule has 0 radical (unpaired) electrons. The van der Waals surface area contributed by atoms with E-state index in [4.69, 9.17) is 0 Å². The second-order valence-electron chi connectivity index (χ2n) is 4.50. The number of rotatable bonds is 4. The van der Waals surface area contributed by atoms with Crippen molar-refractivity contribution in [2.75, 3.05) is 5.32 Å². The van der Waals surface area contributed by atoms with E-state index in [-0.39, 0.29) is 0 Å². The fourth-order valence-electron chi connectivity index (χ4n) is 2.12. The summed E-state index contributed by atoms with van der Waals surface area (Å²) < 4.78 is 25.7. The van der Waals surface area contributed by atoms with Crippen LogP contribution in [0.5, 0.6) is 5.75 Å². The molecule has 0 aliphatic heterocycles. The Labute approximate surface area is 124 Å². The van der Waals surface area contributed by atoms with Crippen LogP contribution in [0.15, 0.2) is 66.7 Å². The molecule has 3 rings (SSSR count). The van der Waals surface area contributed by atoms with Gasteiger partial charge in [0.05, 0.1) is 0 Å². The van der Waals surface area contributed by atoms with Gasteiger partial charge in [0, 0.05) is 11.4 Å². The third kappa shape index (κ3) is 3.39. The number of benzene rings is 3. The molecule has 0 spiro atoms. The SMILES string of the molecule is O=S([O-])Oc1ccc2cc(Nc3ccccc3)ccc2c1. The van der Waals surface area contributed by atoms with Crippen LogP contribution in [0.1, 0.15) is 0 Å². The van der Waals surface area contributed by atoms with Gasteiger partial charge in [-0.3, -0.25) is 0 Å². The lowest BCUT2D eigenvalue weighted by Crippen LogP contribution is -1.97. The van der Waals surface area contributed by atoms with Gasteiger partial charge < -0.3 is 14.1 Å². The Balaban J connectivity index is 1.88. The van der Waals surface area contributed by atoms with Crippen LogP contribution in [0.25, 0.3) is 10.8 Å². The Kier molecular flexibility index (Phi) is 3.85. The van der Waals surface area contributed by atoms with E-state index in [1.165, 1.54) is 0 Å². The maximum atomic E-state index is 10.5. The molecule has 1 N–H and O–H groups in total. The quantitative estimate of drug-likeness (QED) is 0.745.